The normalized spacial score (nSPS) is 31.5. The predicted octanol–water partition coefficient (Wildman–Crippen LogP) is 3.72. The number of carbonyl (C=O) groups excluding carboxylic acids is 1. The van der Waals surface area contributed by atoms with E-state index in [9.17, 15) is 8.30 Å². The SMILES string of the molecule is CC1C=C[CH]([Ge]([CH3])([CH3])[F])C(C)(C)CC1=O. The molecular formula is C12H21FGeO. The van der Waals surface area contributed by atoms with Gasteiger partial charge in [-0.1, -0.05) is 0 Å². The Hall–Kier alpha value is -0.117. The molecule has 0 spiro atoms. The van der Waals surface area contributed by atoms with Gasteiger partial charge in [-0.2, -0.15) is 0 Å². The standard InChI is InChI=1S/C12H21FGeO/c1-9-6-7-11(14(4,5)13)12(2,3)8-10(9)15/h6-7,9,11H,8H2,1-5H3. The van der Waals surface area contributed by atoms with E-state index < -0.39 is 13.7 Å². The summed E-state index contributed by atoms with van der Waals surface area (Å²) in [6.07, 6.45) is 4.37. The number of Topliss-reactive ketones (excluding diaryl/α,β-unsaturated/α-hetero) is 1. The molecule has 0 radical (unpaired) electrons. The maximum atomic E-state index is 14.2. The van der Waals surface area contributed by atoms with Crippen LogP contribution in [-0.4, -0.2) is 19.5 Å². The van der Waals surface area contributed by atoms with Gasteiger partial charge in [-0.25, -0.2) is 0 Å². The molecule has 3 heteroatoms. The summed E-state index contributed by atoms with van der Waals surface area (Å²) in [6.45, 7) is 5.94. The van der Waals surface area contributed by atoms with Gasteiger partial charge in [0.15, 0.2) is 0 Å². The fourth-order valence-corrected chi connectivity index (χ4v) is 7.83. The zero-order valence-electron chi connectivity index (χ0n) is 10.3. The van der Waals surface area contributed by atoms with Crippen LogP contribution in [0.1, 0.15) is 27.2 Å². The van der Waals surface area contributed by atoms with Crippen LogP contribution in [0.4, 0.5) is 3.50 Å². The maximum absolute atomic E-state index is 14.2. The molecule has 1 aliphatic carbocycles. The van der Waals surface area contributed by atoms with Gasteiger partial charge in [-0.15, -0.1) is 0 Å². The summed E-state index contributed by atoms with van der Waals surface area (Å²) < 4.78 is 14.2. The quantitative estimate of drug-likeness (QED) is 0.525. The van der Waals surface area contributed by atoms with Crippen LogP contribution in [0.25, 0.3) is 0 Å². The van der Waals surface area contributed by atoms with Gasteiger partial charge in [0.2, 0.25) is 0 Å². The van der Waals surface area contributed by atoms with E-state index in [1.54, 1.807) is 11.5 Å². The first kappa shape index (κ1) is 13.0. The molecule has 0 heterocycles. The number of carbonyl (C=O) groups is 1. The summed E-state index contributed by atoms with van der Waals surface area (Å²) in [5.41, 5.74) is -0.212. The molecule has 1 aliphatic rings. The molecule has 1 nitrogen and oxygen atoms in total. The molecule has 0 bridgehead atoms. The van der Waals surface area contributed by atoms with Crippen molar-refractivity contribution in [3.8, 4) is 0 Å². The van der Waals surface area contributed by atoms with E-state index in [2.05, 4.69) is 0 Å². The number of hydrogen-bond acceptors (Lipinski definition) is 1. The molecule has 2 atom stereocenters. The van der Waals surface area contributed by atoms with Crippen molar-refractivity contribution in [1.29, 1.82) is 0 Å². The summed E-state index contributed by atoms with van der Waals surface area (Å²) in [5, 5.41) is 0. The van der Waals surface area contributed by atoms with Crippen LogP contribution in [0, 0.1) is 11.3 Å². The van der Waals surface area contributed by atoms with Gasteiger partial charge in [0.05, 0.1) is 0 Å². The first-order valence-corrected chi connectivity index (χ1v) is 11.7. The van der Waals surface area contributed by atoms with Crippen LogP contribution in [0.3, 0.4) is 0 Å². The third-order valence-electron chi connectivity index (χ3n) is 3.31. The number of ketones is 1. The summed E-state index contributed by atoms with van der Waals surface area (Å²) >= 11 is -3.23. The first-order chi connectivity index (χ1) is 6.64. The van der Waals surface area contributed by atoms with Crippen LogP contribution >= 0.6 is 0 Å². The Morgan fingerprint density at radius 3 is 2.40 bits per heavy atom. The third kappa shape index (κ3) is 2.93. The molecule has 86 valence electrons. The molecule has 0 aromatic rings. The molecule has 0 amide bonds. The van der Waals surface area contributed by atoms with Crippen LogP contribution in [0.15, 0.2) is 12.2 Å². The van der Waals surface area contributed by atoms with Gasteiger partial charge in [-0.3, -0.25) is 0 Å². The van der Waals surface area contributed by atoms with Crippen molar-refractivity contribution in [1.82, 2.24) is 0 Å². The Morgan fingerprint density at radius 2 is 1.93 bits per heavy atom. The van der Waals surface area contributed by atoms with Gasteiger partial charge < -0.3 is 0 Å². The van der Waals surface area contributed by atoms with Crippen molar-refractivity contribution < 1.29 is 8.30 Å². The Bertz CT molecular complexity index is 288. The second kappa shape index (κ2) is 4.04. The number of rotatable bonds is 1. The van der Waals surface area contributed by atoms with Crippen LogP contribution in [0.2, 0.25) is 16.3 Å². The molecule has 1 rings (SSSR count). The van der Waals surface area contributed by atoms with E-state index in [4.69, 9.17) is 0 Å². The number of hydrogen-bond donors (Lipinski definition) is 0. The zero-order valence-corrected chi connectivity index (χ0v) is 12.4. The minimum absolute atomic E-state index is 0.00796. The zero-order chi connectivity index (χ0) is 11.9. The molecule has 2 unspecified atom stereocenters. The predicted molar refractivity (Wildman–Crippen MR) is 64.0 cm³/mol. The molecule has 0 aromatic heterocycles. The molecular weight excluding hydrogens is 252 g/mol. The van der Waals surface area contributed by atoms with Gasteiger partial charge in [0, 0.05) is 0 Å². The average molecular weight is 273 g/mol. The average Bonchev–Trinajstić information content (AvgIpc) is 2.07. The Morgan fingerprint density at radius 1 is 1.40 bits per heavy atom. The Kier molecular flexibility index (Phi) is 3.49. The number of halogens is 1. The van der Waals surface area contributed by atoms with E-state index in [-0.39, 0.29) is 21.9 Å². The van der Waals surface area contributed by atoms with Crippen LogP contribution in [-0.2, 0) is 4.79 Å². The Labute approximate surface area is 95.0 Å². The summed E-state index contributed by atoms with van der Waals surface area (Å²) in [4.78, 5) is 11.7. The molecule has 0 aromatic carbocycles. The van der Waals surface area contributed by atoms with E-state index in [1.165, 1.54) is 0 Å². The molecule has 0 aliphatic heterocycles. The molecule has 15 heavy (non-hydrogen) atoms. The van der Waals surface area contributed by atoms with Crippen molar-refractivity contribution in [2.24, 2.45) is 11.3 Å². The molecule has 0 saturated heterocycles. The van der Waals surface area contributed by atoms with Crippen molar-refractivity contribution in [2.45, 2.75) is 43.5 Å². The molecule has 0 fully saturated rings. The summed E-state index contributed by atoms with van der Waals surface area (Å²) in [6, 6.07) is 0. The first-order valence-electron chi connectivity index (χ1n) is 5.54. The van der Waals surface area contributed by atoms with Crippen molar-refractivity contribution >= 4 is 19.5 Å². The molecule has 0 N–H and O–H groups in total. The van der Waals surface area contributed by atoms with E-state index in [0.29, 0.717) is 6.42 Å². The van der Waals surface area contributed by atoms with Crippen molar-refractivity contribution in [2.75, 3.05) is 0 Å². The summed E-state index contributed by atoms with van der Waals surface area (Å²) in [5.74, 6) is 3.75. The van der Waals surface area contributed by atoms with E-state index in [1.807, 2.05) is 32.9 Å². The van der Waals surface area contributed by atoms with Crippen molar-refractivity contribution in [3.63, 3.8) is 0 Å². The fraction of sp³-hybridized carbons (Fsp3) is 0.750. The summed E-state index contributed by atoms with van der Waals surface area (Å²) in [7, 11) is 0. The van der Waals surface area contributed by atoms with Crippen LogP contribution < -0.4 is 0 Å². The van der Waals surface area contributed by atoms with Crippen LogP contribution in [0.5, 0.6) is 0 Å². The van der Waals surface area contributed by atoms with Gasteiger partial charge in [-0.05, 0) is 0 Å². The third-order valence-corrected chi connectivity index (χ3v) is 8.46. The Balaban J connectivity index is 3.06. The molecule has 0 saturated carbocycles. The van der Waals surface area contributed by atoms with Gasteiger partial charge in [0.1, 0.15) is 0 Å². The number of allylic oxidation sites excluding steroid dienone is 2. The van der Waals surface area contributed by atoms with Gasteiger partial charge >= 0.3 is 94.7 Å². The minimum atomic E-state index is -3.23. The van der Waals surface area contributed by atoms with E-state index >= 15 is 0 Å². The van der Waals surface area contributed by atoms with Gasteiger partial charge in [0.25, 0.3) is 0 Å². The fourth-order valence-electron chi connectivity index (χ4n) is 2.52. The second-order valence-electron chi connectivity index (χ2n) is 5.85. The second-order valence-corrected chi connectivity index (χ2v) is 13.7. The monoisotopic (exact) mass is 274 g/mol. The topological polar surface area (TPSA) is 17.1 Å². The van der Waals surface area contributed by atoms with Crippen molar-refractivity contribution in [3.05, 3.63) is 12.2 Å². The van der Waals surface area contributed by atoms with E-state index in [0.717, 1.165) is 0 Å².